The van der Waals surface area contributed by atoms with E-state index in [9.17, 15) is 9.59 Å². The van der Waals surface area contributed by atoms with E-state index >= 15 is 0 Å². The first-order chi connectivity index (χ1) is 11.5. The maximum atomic E-state index is 13.0. The van der Waals surface area contributed by atoms with E-state index in [2.05, 4.69) is 25.9 Å². The van der Waals surface area contributed by atoms with E-state index in [0.717, 1.165) is 10.2 Å². The van der Waals surface area contributed by atoms with Crippen molar-refractivity contribution < 1.29 is 4.79 Å². The van der Waals surface area contributed by atoms with Crippen molar-refractivity contribution in [1.29, 1.82) is 0 Å². The summed E-state index contributed by atoms with van der Waals surface area (Å²) in [6, 6.07) is 10.7. The molecular formula is C18H16BrN3O2. The zero-order valence-electron chi connectivity index (χ0n) is 13.3. The predicted octanol–water partition coefficient (Wildman–Crippen LogP) is 3.74. The second-order valence-electron chi connectivity index (χ2n) is 5.68. The van der Waals surface area contributed by atoms with Gasteiger partial charge in [-0.3, -0.25) is 9.59 Å². The predicted molar refractivity (Wildman–Crippen MR) is 98.5 cm³/mol. The van der Waals surface area contributed by atoms with Crippen LogP contribution in [0.1, 0.15) is 24.2 Å². The molecule has 5 nitrogen and oxygen atoms in total. The highest BCUT2D eigenvalue weighted by Crippen LogP contribution is 2.23. The van der Waals surface area contributed by atoms with Gasteiger partial charge in [-0.15, -0.1) is 0 Å². The van der Waals surface area contributed by atoms with Crippen LogP contribution in [0.5, 0.6) is 0 Å². The number of hydrogen-bond acceptors (Lipinski definition) is 3. The molecule has 0 saturated heterocycles. The Morgan fingerprint density at radius 3 is 2.75 bits per heavy atom. The fourth-order valence-corrected chi connectivity index (χ4v) is 3.01. The lowest BCUT2D eigenvalue weighted by Crippen LogP contribution is -2.39. The summed E-state index contributed by atoms with van der Waals surface area (Å²) in [7, 11) is 0. The average molecular weight is 386 g/mol. The summed E-state index contributed by atoms with van der Waals surface area (Å²) in [5.41, 5.74) is 0.985. The van der Waals surface area contributed by atoms with Crippen LogP contribution in [0.3, 0.4) is 0 Å². The zero-order chi connectivity index (χ0) is 17.3. The van der Waals surface area contributed by atoms with Crippen LogP contribution in [0.25, 0.3) is 11.0 Å². The van der Waals surface area contributed by atoms with E-state index in [0.29, 0.717) is 11.0 Å². The van der Waals surface area contributed by atoms with Gasteiger partial charge in [0.05, 0.1) is 5.39 Å². The molecule has 0 aliphatic rings. The lowest BCUT2D eigenvalue weighted by Gasteiger charge is -2.27. The molecule has 6 heteroatoms. The fraction of sp³-hybridized carbons (Fsp3) is 0.167. The fourth-order valence-electron chi connectivity index (χ4n) is 2.62. The summed E-state index contributed by atoms with van der Waals surface area (Å²) >= 11 is 3.42. The van der Waals surface area contributed by atoms with Gasteiger partial charge in [-0.05, 0) is 44.2 Å². The van der Waals surface area contributed by atoms with Crippen molar-refractivity contribution in [2.75, 3.05) is 4.90 Å². The van der Waals surface area contributed by atoms with Crippen LogP contribution in [-0.4, -0.2) is 21.9 Å². The molecule has 1 aromatic carbocycles. The van der Waals surface area contributed by atoms with Crippen molar-refractivity contribution in [1.82, 2.24) is 9.97 Å². The second kappa shape index (κ2) is 6.57. The monoisotopic (exact) mass is 385 g/mol. The third kappa shape index (κ3) is 2.97. The lowest BCUT2D eigenvalue weighted by molar-refractivity contribution is 0.0979. The molecule has 1 amide bonds. The van der Waals surface area contributed by atoms with Gasteiger partial charge in [0.25, 0.3) is 5.91 Å². The topological polar surface area (TPSA) is 66.1 Å². The van der Waals surface area contributed by atoms with Crippen LogP contribution in [0.2, 0.25) is 0 Å². The first-order valence-corrected chi connectivity index (χ1v) is 8.34. The van der Waals surface area contributed by atoms with Crippen LogP contribution in [0.4, 0.5) is 5.69 Å². The van der Waals surface area contributed by atoms with E-state index in [1.54, 1.807) is 23.2 Å². The molecule has 0 unspecified atom stereocenters. The smallest absolute Gasteiger partial charge is 0.263 e. The standard InChI is InChI=1S/C18H16BrN3O2/c1-11(2)22(13-6-3-5-12(19)9-13)18(24)15-10-21-17-14(16(15)23)7-4-8-20-17/h3-11H,1-2H3,(H,20,21,23). The molecular weight excluding hydrogens is 370 g/mol. The molecule has 3 rings (SSSR count). The molecule has 0 fully saturated rings. The normalized spacial score (nSPS) is 11.0. The number of carbonyl (C=O) groups excluding carboxylic acids is 1. The number of nitrogens with zero attached hydrogens (tertiary/aromatic N) is 2. The number of aromatic nitrogens is 2. The molecule has 24 heavy (non-hydrogen) atoms. The molecule has 0 saturated carbocycles. The third-order valence-electron chi connectivity index (χ3n) is 3.70. The van der Waals surface area contributed by atoms with Gasteiger partial charge in [0, 0.05) is 28.6 Å². The summed E-state index contributed by atoms with van der Waals surface area (Å²) in [5.74, 6) is -0.338. The van der Waals surface area contributed by atoms with Crippen molar-refractivity contribution in [2.45, 2.75) is 19.9 Å². The SMILES string of the molecule is CC(C)N(C(=O)c1c[nH]c2ncccc2c1=O)c1cccc(Br)c1. The van der Waals surface area contributed by atoms with E-state index in [4.69, 9.17) is 0 Å². The highest BCUT2D eigenvalue weighted by atomic mass is 79.9. The Labute approximate surface area is 147 Å². The van der Waals surface area contributed by atoms with Crippen LogP contribution < -0.4 is 10.3 Å². The first kappa shape index (κ1) is 16.4. The molecule has 0 aliphatic heterocycles. The Morgan fingerprint density at radius 1 is 1.25 bits per heavy atom. The van der Waals surface area contributed by atoms with Crippen molar-refractivity contribution in [2.24, 2.45) is 0 Å². The number of carbonyl (C=O) groups is 1. The summed E-state index contributed by atoms with van der Waals surface area (Å²) in [6.07, 6.45) is 3.04. The van der Waals surface area contributed by atoms with Crippen LogP contribution in [0.15, 0.2) is 58.1 Å². The van der Waals surface area contributed by atoms with Crippen molar-refractivity contribution in [3.05, 3.63) is 69.1 Å². The van der Waals surface area contributed by atoms with Crippen molar-refractivity contribution in [3.8, 4) is 0 Å². The van der Waals surface area contributed by atoms with E-state index in [1.807, 2.05) is 38.1 Å². The minimum absolute atomic E-state index is 0.101. The third-order valence-corrected chi connectivity index (χ3v) is 4.20. The number of fused-ring (bicyclic) bond motifs is 1. The highest BCUT2D eigenvalue weighted by molar-refractivity contribution is 9.10. The Kier molecular flexibility index (Phi) is 4.49. The number of nitrogens with one attached hydrogen (secondary N) is 1. The summed E-state index contributed by atoms with van der Waals surface area (Å²) in [5, 5.41) is 0.404. The molecule has 0 radical (unpaired) electrons. The van der Waals surface area contributed by atoms with Crippen molar-refractivity contribution >= 4 is 38.6 Å². The Balaban J connectivity index is 2.12. The number of rotatable bonds is 3. The minimum Gasteiger partial charge on any atom is -0.345 e. The molecule has 0 aliphatic carbocycles. The second-order valence-corrected chi connectivity index (χ2v) is 6.60. The minimum atomic E-state index is -0.338. The molecule has 0 spiro atoms. The summed E-state index contributed by atoms with van der Waals surface area (Å²) in [6.45, 7) is 3.82. The summed E-state index contributed by atoms with van der Waals surface area (Å²) < 4.78 is 0.870. The van der Waals surface area contributed by atoms with Crippen LogP contribution in [-0.2, 0) is 0 Å². The van der Waals surface area contributed by atoms with Gasteiger partial charge < -0.3 is 9.88 Å². The molecule has 0 bridgehead atoms. The number of halogens is 1. The van der Waals surface area contributed by atoms with Crippen LogP contribution >= 0.6 is 15.9 Å². The van der Waals surface area contributed by atoms with Crippen LogP contribution in [0, 0.1) is 0 Å². The maximum absolute atomic E-state index is 13.0. The number of anilines is 1. The number of aromatic amines is 1. The van der Waals surface area contributed by atoms with Gasteiger partial charge in [-0.2, -0.15) is 0 Å². The number of amides is 1. The molecule has 0 atom stereocenters. The van der Waals surface area contributed by atoms with Gasteiger partial charge in [0.15, 0.2) is 0 Å². The number of pyridine rings is 2. The highest BCUT2D eigenvalue weighted by Gasteiger charge is 2.24. The molecule has 3 aromatic rings. The van der Waals surface area contributed by atoms with Gasteiger partial charge in [0.1, 0.15) is 11.2 Å². The molecule has 2 heterocycles. The molecule has 122 valence electrons. The van der Waals surface area contributed by atoms with Gasteiger partial charge in [-0.25, -0.2) is 4.98 Å². The quantitative estimate of drug-likeness (QED) is 0.746. The Bertz CT molecular complexity index is 966. The van der Waals surface area contributed by atoms with Gasteiger partial charge in [0.2, 0.25) is 5.43 Å². The van der Waals surface area contributed by atoms with Gasteiger partial charge >= 0.3 is 0 Å². The average Bonchev–Trinajstić information content (AvgIpc) is 2.55. The number of H-pyrrole nitrogens is 1. The van der Waals surface area contributed by atoms with E-state index in [1.165, 1.54) is 6.20 Å². The number of benzene rings is 1. The molecule has 2 aromatic heterocycles. The number of hydrogen-bond donors (Lipinski definition) is 1. The Hall–Kier alpha value is -2.47. The van der Waals surface area contributed by atoms with Gasteiger partial charge in [-0.1, -0.05) is 22.0 Å². The first-order valence-electron chi connectivity index (χ1n) is 7.54. The zero-order valence-corrected chi connectivity index (χ0v) is 14.9. The van der Waals surface area contributed by atoms with E-state index in [-0.39, 0.29) is 22.9 Å². The lowest BCUT2D eigenvalue weighted by atomic mass is 10.1. The summed E-state index contributed by atoms with van der Waals surface area (Å²) in [4.78, 5) is 34.4. The Morgan fingerprint density at radius 2 is 2.04 bits per heavy atom. The van der Waals surface area contributed by atoms with Crippen molar-refractivity contribution in [3.63, 3.8) is 0 Å². The maximum Gasteiger partial charge on any atom is 0.263 e. The molecule has 1 N–H and O–H groups in total. The van der Waals surface area contributed by atoms with E-state index < -0.39 is 0 Å². The largest absolute Gasteiger partial charge is 0.345 e.